The van der Waals surface area contributed by atoms with Gasteiger partial charge in [-0.2, -0.15) is 0 Å². The van der Waals surface area contributed by atoms with Gasteiger partial charge in [-0.3, -0.25) is 0 Å². The maximum absolute atomic E-state index is 4.77. The summed E-state index contributed by atoms with van der Waals surface area (Å²) >= 11 is 0. The van der Waals surface area contributed by atoms with Crippen LogP contribution in [0.5, 0.6) is 0 Å². The molecule has 3 aromatic rings. The zero-order valence-corrected chi connectivity index (χ0v) is 11.4. The Labute approximate surface area is 117 Å². The number of hydrogen-bond donors (Lipinski definition) is 1. The standard InChI is InChI=1S/C16H16N4/c1-20-15(19-14-6-3-8-18-16(14)20)13-5-2-4-11-10-17-9-7-12(11)13/h2-6,8,17H,7,9-10H2,1H3. The molecule has 0 spiro atoms. The van der Waals surface area contributed by atoms with E-state index in [1.807, 2.05) is 25.4 Å². The molecule has 100 valence electrons. The number of nitrogens with one attached hydrogen (secondary N) is 1. The molecule has 0 saturated heterocycles. The van der Waals surface area contributed by atoms with Gasteiger partial charge in [0.1, 0.15) is 11.3 Å². The van der Waals surface area contributed by atoms with Gasteiger partial charge >= 0.3 is 0 Å². The molecule has 1 aliphatic rings. The van der Waals surface area contributed by atoms with E-state index in [0.29, 0.717) is 0 Å². The van der Waals surface area contributed by atoms with E-state index in [-0.39, 0.29) is 0 Å². The predicted octanol–water partition coefficient (Wildman–Crippen LogP) is 2.28. The molecule has 4 nitrogen and oxygen atoms in total. The summed E-state index contributed by atoms with van der Waals surface area (Å²) in [5.41, 5.74) is 5.94. The second kappa shape index (κ2) is 4.42. The average molecular weight is 264 g/mol. The van der Waals surface area contributed by atoms with Crippen molar-refractivity contribution in [3.63, 3.8) is 0 Å². The van der Waals surface area contributed by atoms with Crippen molar-refractivity contribution in [2.75, 3.05) is 6.54 Å². The van der Waals surface area contributed by atoms with Crippen LogP contribution >= 0.6 is 0 Å². The highest BCUT2D eigenvalue weighted by atomic mass is 15.1. The molecule has 4 rings (SSSR count). The van der Waals surface area contributed by atoms with Gasteiger partial charge in [-0.15, -0.1) is 0 Å². The number of benzene rings is 1. The van der Waals surface area contributed by atoms with Crippen molar-refractivity contribution < 1.29 is 0 Å². The lowest BCUT2D eigenvalue weighted by Crippen LogP contribution is -2.24. The van der Waals surface area contributed by atoms with E-state index in [1.54, 1.807) is 0 Å². The Hall–Kier alpha value is -2.20. The summed E-state index contributed by atoms with van der Waals surface area (Å²) in [5.74, 6) is 1.01. The van der Waals surface area contributed by atoms with Crippen molar-refractivity contribution in [1.29, 1.82) is 0 Å². The lowest BCUT2D eigenvalue weighted by atomic mass is 9.95. The van der Waals surface area contributed by atoms with Crippen LogP contribution < -0.4 is 5.32 Å². The van der Waals surface area contributed by atoms with Crippen molar-refractivity contribution >= 4 is 11.2 Å². The smallest absolute Gasteiger partial charge is 0.159 e. The highest BCUT2D eigenvalue weighted by Crippen LogP contribution is 2.29. The Morgan fingerprint density at radius 2 is 2.15 bits per heavy atom. The van der Waals surface area contributed by atoms with Gasteiger partial charge in [0.25, 0.3) is 0 Å². The normalized spacial score (nSPS) is 14.4. The molecule has 0 atom stereocenters. The van der Waals surface area contributed by atoms with Crippen LogP contribution in [0.4, 0.5) is 0 Å². The molecule has 3 heterocycles. The van der Waals surface area contributed by atoms with E-state index in [4.69, 9.17) is 4.98 Å². The van der Waals surface area contributed by atoms with Crippen molar-refractivity contribution in [2.24, 2.45) is 7.05 Å². The summed E-state index contributed by atoms with van der Waals surface area (Å²) in [6, 6.07) is 10.4. The lowest BCUT2D eigenvalue weighted by molar-refractivity contribution is 0.644. The molecule has 0 aliphatic carbocycles. The molecule has 0 bridgehead atoms. The molecule has 0 unspecified atom stereocenters. The zero-order valence-electron chi connectivity index (χ0n) is 11.4. The Bertz CT molecular complexity index is 788. The molecule has 0 amide bonds. The number of pyridine rings is 1. The number of imidazole rings is 1. The van der Waals surface area contributed by atoms with E-state index >= 15 is 0 Å². The number of rotatable bonds is 1. The van der Waals surface area contributed by atoms with Gasteiger partial charge in [-0.1, -0.05) is 18.2 Å². The molecule has 1 aliphatic heterocycles. The van der Waals surface area contributed by atoms with E-state index in [0.717, 1.165) is 36.5 Å². The Morgan fingerprint density at radius 1 is 1.20 bits per heavy atom. The first kappa shape index (κ1) is 11.6. The molecule has 4 heteroatoms. The first-order valence-electron chi connectivity index (χ1n) is 6.94. The van der Waals surface area contributed by atoms with Crippen LogP contribution in [-0.4, -0.2) is 21.1 Å². The van der Waals surface area contributed by atoms with Crippen molar-refractivity contribution in [1.82, 2.24) is 19.9 Å². The topological polar surface area (TPSA) is 42.7 Å². The van der Waals surface area contributed by atoms with E-state index in [1.165, 1.54) is 16.7 Å². The fourth-order valence-corrected chi connectivity index (χ4v) is 3.01. The van der Waals surface area contributed by atoms with E-state index in [9.17, 15) is 0 Å². The number of nitrogens with zero attached hydrogens (tertiary/aromatic N) is 3. The third-order valence-corrected chi connectivity index (χ3v) is 4.01. The van der Waals surface area contributed by atoms with Gasteiger partial charge in [-0.25, -0.2) is 9.97 Å². The van der Waals surface area contributed by atoms with Gasteiger partial charge in [0.2, 0.25) is 0 Å². The number of aryl methyl sites for hydroxylation is 1. The van der Waals surface area contributed by atoms with Crippen LogP contribution in [0.25, 0.3) is 22.6 Å². The monoisotopic (exact) mass is 264 g/mol. The summed E-state index contributed by atoms with van der Waals surface area (Å²) < 4.78 is 2.09. The largest absolute Gasteiger partial charge is 0.312 e. The average Bonchev–Trinajstić information content (AvgIpc) is 2.84. The van der Waals surface area contributed by atoms with E-state index in [2.05, 4.69) is 33.1 Å². The second-order valence-corrected chi connectivity index (χ2v) is 5.21. The summed E-state index contributed by atoms with van der Waals surface area (Å²) in [6.07, 6.45) is 2.88. The molecule has 20 heavy (non-hydrogen) atoms. The van der Waals surface area contributed by atoms with Crippen molar-refractivity contribution in [3.05, 3.63) is 47.7 Å². The molecule has 0 radical (unpaired) electrons. The number of fused-ring (bicyclic) bond motifs is 2. The molecular weight excluding hydrogens is 248 g/mol. The van der Waals surface area contributed by atoms with Gasteiger partial charge < -0.3 is 9.88 Å². The SMILES string of the molecule is Cn1c(-c2cccc3c2CCNC3)nc2cccnc21. The van der Waals surface area contributed by atoms with Crippen LogP contribution in [0.15, 0.2) is 36.5 Å². The molecule has 1 aromatic carbocycles. The molecule has 2 aromatic heterocycles. The molecule has 0 saturated carbocycles. The van der Waals surface area contributed by atoms with Crippen LogP contribution in [0.2, 0.25) is 0 Å². The van der Waals surface area contributed by atoms with Crippen LogP contribution in [0.3, 0.4) is 0 Å². The summed E-state index contributed by atoms with van der Waals surface area (Å²) in [7, 11) is 2.04. The highest BCUT2D eigenvalue weighted by Gasteiger charge is 2.17. The minimum absolute atomic E-state index is 0.939. The third kappa shape index (κ3) is 1.65. The van der Waals surface area contributed by atoms with Crippen LogP contribution in [0, 0.1) is 0 Å². The zero-order chi connectivity index (χ0) is 13.5. The maximum atomic E-state index is 4.77. The quantitative estimate of drug-likeness (QED) is 0.733. The van der Waals surface area contributed by atoms with Gasteiger partial charge in [0, 0.05) is 25.4 Å². The lowest BCUT2D eigenvalue weighted by Gasteiger charge is -2.20. The van der Waals surface area contributed by atoms with Gasteiger partial charge in [0.05, 0.1) is 0 Å². The minimum atomic E-state index is 0.939. The predicted molar refractivity (Wildman–Crippen MR) is 79.4 cm³/mol. The second-order valence-electron chi connectivity index (χ2n) is 5.21. The number of aromatic nitrogens is 3. The fourth-order valence-electron chi connectivity index (χ4n) is 3.01. The van der Waals surface area contributed by atoms with Crippen LogP contribution in [0.1, 0.15) is 11.1 Å². The summed E-state index contributed by atoms with van der Waals surface area (Å²) in [4.78, 5) is 9.20. The minimum Gasteiger partial charge on any atom is -0.312 e. The summed E-state index contributed by atoms with van der Waals surface area (Å²) in [5, 5.41) is 3.42. The Morgan fingerprint density at radius 3 is 3.05 bits per heavy atom. The van der Waals surface area contributed by atoms with Crippen molar-refractivity contribution in [2.45, 2.75) is 13.0 Å². The van der Waals surface area contributed by atoms with E-state index < -0.39 is 0 Å². The van der Waals surface area contributed by atoms with Crippen molar-refractivity contribution in [3.8, 4) is 11.4 Å². The molecular formula is C16H16N4. The first-order valence-corrected chi connectivity index (χ1v) is 6.94. The van der Waals surface area contributed by atoms with Gasteiger partial charge in [0.15, 0.2) is 5.65 Å². The number of hydrogen-bond acceptors (Lipinski definition) is 3. The molecule has 0 fully saturated rings. The Balaban J connectivity index is 1.98. The summed E-state index contributed by atoms with van der Waals surface area (Å²) in [6.45, 7) is 1.98. The third-order valence-electron chi connectivity index (χ3n) is 4.01. The van der Waals surface area contributed by atoms with Gasteiger partial charge in [-0.05, 0) is 36.2 Å². The first-order chi connectivity index (χ1) is 9.84. The van der Waals surface area contributed by atoms with Crippen LogP contribution in [-0.2, 0) is 20.0 Å². The fraction of sp³-hybridized carbons (Fsp3) is 0.250. The Kier molecular flexibility index (Phi) is 2.57. The molecule has 1 N–H and O–H groups in total. The highest BCUT2D eigenvalue weighted by molar-refractivity contribution is 5.78. The maximum Gasteiger partial charge on any atom is 0.159 e.